The summed E-state index contributed by atoms with van der Waals surface area (Å²) in [4.78, 5) is 0. The summed E-state index contributed by atoms with van der Waals surface area (Å²) in [5.41, 5.74) is 12.1. The Labute approximate surface area is 153 Å². The van der Waals surface area contributed by atoms with Crippen LogP contribution in [0.3, 0.4) is 0 Å². The lowest BCUT2D eigenvalue weighted by Crippen LogP contribution is -2.03. The molecule has 1 unspecified atom stereocenters. The molecule has 0 bridgehead atoms. The maximum absolute atomic E-state index is 2.45. The predicted octanol–water partition coefficient (Wildman–Crippen LogP) is 6.82. The van der Waals surface area contributed by atoms with Crippen molar-refractivity contribution in [1.29, 1.82) is 0 Å². The number of allylic oxidation sites excluding steroid dienone is 3. The van der Waals surface area contributed by atoms with Gasteiger partial charge in [0.05, 0.1) is 0 Å². The van der Waals surface area contributed by atoms with Gasteiger partial charge in [-0.25, -0.2) is 0 Å². The highest BCUT2D eigenvalue weighted by Crippen LogP contribution is 2.46. The van der Waals surface area contributed by atoms with E-state index < -0.39 is 0 Å². The number of fused-ring (bicyclic) bond motifs is 3. The van der Waals surface area contributed by atoms with Crippen LogP contribution in [0.1, 0.15) is 41.7 Å². The van der Waals surface area contributed by atoms with Crippen LogP contribution < -0.4 is 0 Å². The number of thiophene rings is 1. The Morgan fingerprint density at radius 3 is 2.72 bits per heavy atom. The van der Waals surface area contributed by atoms with E-state index in [0.29, 0.717) is 5.92 Å². The molecule has 0 saturated heterocycles. The first-order valence-corrected chi connectivity index (χ1v) is 9.99. The average Bonchev–Trinajstić information content (AvgIpc) is 3.30. The van der Waals surface area contributed by atoms with Crippen LogP contribution in [0.15, 0.2) is 52.9 Å². The summed E-state index contributed by atoms with van der Waals surface area (Å²) >= 11 is 1.87. The summed E-state index contributed by atoms with van der Waals surface area (Å²) in [5, 5.41) is 3.67. The number of aryl methyl sites for hydroxylation is 1. The van der Waals surface area contributed by atoms with Crippen molar-refractivity contribution < 1.29 is 0 Å². The Kier molecular flexibility index (Phi) is 3.30. The van der Waals surface area contributed by atoms with Crippen LogP contribution in [-0.2, 0) is 12.8 Å². The van der Waals surface area contributed by atoms with E-state index in [-0.39, 0.29) is 0 Å². The van der Waals surface area contributed by atoms with E-state index in [1.165, 1.54) is 32.3 Å². The van der Waals surface area contributed by atoms with Gasteiger partial charge in [0.1, 0.15) is 0 Å². The van der Waals surface area contributed by atoms with E-state index in [2.05, 4.69) is 68.6 Å². The van der Waals surface area contributed by atoms with Gasteiger partial charge < -0.3 is 0 Å². The zero-order chi connectivity index (χ0) is 17.1. The van der Waals surface area contributed by atoms with Gasteiger partial charge in [0.25, 0.3) is 0 Å². The molecule has 1 heterocycles. The van der Waals surface area contributed by atoms with Crippen molar-refractivity contribution >= 4 is 33.1 Å². The molecule has 0 nitrogen and oxygen atoms in total. The van der Waals surface area contributed by atoms with Gasteiger partial charge in [0.2, 0.25) is 0 Å². The van der Waals surface area contributed by atoms with Gasteiger partial charge >= 0.3 is 0 Å². The maximum atomic E-state index is 2.45. The fraction of sp³-hybridized carbons (Fsp3) is 0.250. The fourth-order valence-electron chi connectivity index (χ4n) is 4.76. The highest BCUT2D eigenvalue weighted by atomic mass is 32.1. The number of rotatable bonds is 2. The lowest BCUT2D eigenvalue weighted by Gasteiger charge is -2.18. The van der Waals surface area contributed by atoms with Gasteiger partial charge in [-0.15, -0.1) is 11.3 Å². The lowest BCUT2D eigenvalue weighted by atomic mass is 9.86. The molecule has 1 atom stereocenters. The molecule has 3 aromatic rings. The van der Waals surface area contributed by atoms with Crippen LogP contribution in [0.2, 0.25) is 0 Å². The molecule has 2 aliphatic carbocycles. The predicted molar refractivity (Wildman–Crippen MR) is 110 cm³/mol. The molecule has 0 N–H and O–H groups in total. The zero-order valence-electron chi connectivity index (χ0n) is 15.0. The summed E-state index contributed by atoms with van der Waals surface area (Å²) in [6, 6.07) is 13.6. The van der Waals surface area contributed by atoms with Crippen LogP contribution >= 0.6 is 11.3 Å². The molecular weight excluding hydrogens is 320 g/mol. The SMILES string of the molecule is CC1=C(C(C)C2=Cc3ccccc3C2)c2cc3sccc3c(C)c2C1. The highest BCUT2D eigenvalue weighted by molar-refractivity contribution is 7.17. The van der Waals surface area contributed by atoms with E-state index >= 15 is 0 Å². The molecule has 124 valence electrons. The first-order chi connectivity index (χ1) is 12.1. The zero-order valence-corrected chi connectivity index (χ0v) is 15.8. The largest absolute Gasteiger partial charge is 0.144 e. The Bertz CT molecular complexity index is 1070. The minimum absolute atomic E-state index is 0.491. The van der Waals surface area contributed by atoms with Gasteiger partial charge in [-0.2, -0.15) is 0 Å². The topological polar surface area (TPSA) is 0 Å². The number of hydrogen-bond acceptors (Lipinski definition) is 1. The standard InChI is InChI=1S/C24H22S/c1-14-10-21-16(3)20-8-9-25-23(20)13-22(21)24(14)15(2)19-11-17-6-4-5-7-18(17)12-19/h4-9,11,13,15H,10,12H2,1-3H3. The highest BCUT2D eigenvalue weighted by Gasteiger charge is 2.29. The molecule has 0 radical (unpaired) electrons. The van der Waals surface area contributed by atoms with Crippen LogP contribution in [0.5, 0.6) is 0 Å². The smallest absolute Gasteiger partial charge is 0.0351 e. The van der Waals surface area contributed by atoms with E-state index in [0.717, 1.165) is 12.8 Å². The van der Waals surface area contributed by atoms with Crippen molar-refractivity contribution in [2.24, 2.45) is 5.92 Å². The molecule has 0 amide bonds. The summed E-state index contributed by atoms with van der Waals surface area (Å²) in [6.45, 7) is 7.04. The van der Waals surface area contributed by atoms with Crippen molar-refractivity contribution in [1.82, 2.24) is 0 Å². The van der Waals surface area contributed by atoms with Crippen molar-refractivity contribution in [2.75, 3.05) is 0 Å². The monoisotopic (exact) mass is 342 g/mol. The van der Waals surface area contributed by atoms with Gasteiger partial charge in [-0.05, 0) is 83.0 Å². The van der Waals surface area contributed by atoms with Crippen molar-refractivity contribution in [2.45, 2.75) is 33.6 Å². The molecule has 2 aromatic carbocycles. The van der Waals surface area contributed by atoms with Gasteiger partial charge in [0, 0.05) is 10.6 Å². The molecule has 1 aromatic heterocycles. The molecule has 25 heavy (non-hydrogen) atoms. The Balaban J connectivity index is 1.60. The quantitative estimate of drug-likeness (QED) is 0.479. The molecule has 0 aliphatic heterocycles. The lowest BCUT2D eigenvalue weighted by molar-refractivity contribution is 0.857. The van der Waals surface area contributed by atoms with Crippen molar-refractivity contribution in [3.05, 3.63) is 80.7 Å². The Morgan fingerprint density at radius 1 is 1.04 bits per heavy atom. The van der Waals surface area contributed by atoms with Gasteiger partial charge in [-0.3, -0.25) is 0 Å². The van der Waals surface area contributed by atoms with E-state index in [1.807, 2.05) is 11.3 Å². The molecular formula is C24H22S. The summed E-state index contributed by atoms with van der Waals surface area (Å²) in [7, 11) is 0. The second-order valence-electron chi connectivity index (χ2n) is 7.55. The Morgan fingerprint density at radius 2 is 1.88 bits per heavy atom. The average molecular weight is 343 g/mol. The first kappa shape index (κ1) is 15.2. The molecule has 5 rings (SSSR count). The third-order valence-corrected chi connectivity index (χ3v) is 6.99. The molecule has 2 aliphatic rings. The van der Waals surface area contributed by atoms with Gasteiger partial charge in [-0.1, -0.05) is 48.4 Å². The second-order valence-corrected chi connectivity index (χ2v) is 8.50. The van der Waals surface area contributed by atoms with Crippen LogP contribution in [0.4, 0.5) is 0 Å². The maximum Gasteiger partial charge on any atom is 0.0351 e. The third kappa shape index (κ3) is 2.19. The van der Waals surface area contributed by atoms with Crippen molar-refractivity contribution in [3.63, 3.8) is 0 Å². The minimum Gasteiger partial charge on any atom is -0.144 e. The fourth-order valence-corrected chi connectivity index (χ4v) is 5.64. The van der Waals surface area contributed by atoms with E-state index in [4.69, 9.17) is 0 Å². The molecule has 1 heteroatoms. The third-order valence-electron chi connectivity index (χ3n) is 6.12. The number of benzene rings is 2. The Hall–Kier alpha value is -2.12. The summed E-state index contributed by atoms with van der Waals surface area (Å²) in [6.07, 6.45) is 4.64. The summed E-state index contributed by atoms with van der Waals surface area (Å²) in [5.74, 6) is 0.491. The van der Waals surface area contributed by atoms with Crippen LogP contribution in [-0.4, -0.2) is 0 Å². The van der Waals surface area contributed by atoms with Crippen LogP contribution in [0, 0.1) is 12.8 Å². The van der Waals surface area contributed by atoms with Crippen LogP contribution in [0.25, 0.3) is 21.7 Å². The molecule has 0 fully saturated rings. The normalized spacial score (nSPS) is 17.0. The van der Waals surface area contributed by atoms with Crippen molar-refractivity contribution in [3.8, 4) is 0 Å². The minimum atomic E-state index is 0.491. The molecule has 0 saturated carbocycles. The number of hydrogen-bond donors (Lipinski definition) is 0. The molecule has 0 spiro atoms. The van der Waals surface area contributed by atoms with Gasteiger partial charge in [0.15, 0.2) is 0 Å². The second kappa shape index (κ2) is 5.44. The van der Waals surface area contributed by atoms with E-state index in [1.54, 1.807) is 22.3 Å². The van der Waals surface area contributed by atoms with E-state index in [9.17, 15) is 0 Å². The summed E-state index contributed by atoms with van der Waals surface area (Å²) < 4.78 is 1.43. The first-order valence-electron chi connectivity index (χ1n) is 9.11.